The van der Waals surface area contributed by atoms with E-state index in [1.54, 1.807) is 6.92 Å². The van der Waals surface area contributed by atoms with Crippen molar-refractivity contribution in [1.29, 1.82) is 0 Å². The van der Waals surface area contributed by atoms with Crippen molar-refractivity contribution in [2.45, 2.75) is 39.2 Å². The molecular weight excluding hydrogens is 346 g/mol. The highest BCUT2D eigenvalue weighted by atomic mass is 32.1. The van der Waals surface area contributed by atoms with Gasteiger partial charge >= 0.3 is 5.82 Å². The summed E-state index contributed by atoms with van der Waals surface area (Å²) in [6.45, 7) is 1.32. The van der Waals surface area contributed by atoms with Gasteiger partial charge in [-0.3, -0.25) is 9.59 Å². The number of primary amides is 1. The number of nitro groups is 1. The molecule has 0 spiro atoms. The number of imidazole rings is 1. The van der Waals surface area contributed by atoms with Gasteiger partial charge in [0.1, 0.15) is 11.2 Å². The van der Waals surface area contributed by atoms with Crippen LogP contribution in [0.3, 0.4) is 0 Å². The average Bonchev–Trinajstić information content (AvgIpc) is 3.08. The van der Waals surface area contributed by atoms with Crippen molar-refractivity contribution in [2.24, 2.45) is 5.73 Å². The Labute approximate surface area is 147 Å². The standard InChI is InChI=1S/C15H17N5O4S/c1-8-17-6-12(20(23)24)19(8)7-11(21)18-15-13(14(16)22)9-4-2-3-5-10(9)25-15/h6H,2-5,7H2,1H3,(H2,16,22)(H,18,21). The van der Waals surface area contributed by atoms with Crippen molar-refractivity contribution >= 4 is 34.0 Å². The van der Waals surface area contributed by atoms with E-state index in [4.69, 9.17) is 5.73 Å². The Balaban J connectivity index is 1.85. The second-order valence-corrected chi connectivity index (χ2v) is 6.94. The minimum absolute atomic E-state index is 0.256. The molecule has 0 aliphatic heterocycles. The molecule has 3 rings (SSSR count). The molecule has 9 nitrogen and oxygen atoms in total. The highest BCUT2D eigenvalue weighted by molar-refractivity contribution is 7.17. The number of thiophene rings is 1. The van der Waals surface area contributed by atoms with Crippen LogP contribution in [0.2, 0.25) is 0 Å². The highest BCUT2D eigenvalue weighted by Gasteiger charge is 2.26. The quantitative estimate of drug-likeness (QED) is 0.617. The molecule has 0 aromatic carbocycles. The van der Waals surface area contributed by atoms with Gasteiger partial charge in [-0.1, -0.05) is 0 Å². The molecular formula is C15H17N5O4S. The molecule has 0 saturated carbocycles. The van der Waals surface area contributed by atoms with Gasteiger partial charge in [0.2, 0.25) is 0 Å². The number of amides is 2. The van der Waals surface area contributed by atoms with Crippen LogP contribution >= 0.6 is 11.3 Å². The van der Waals surface area contributed by atoms with E-state index in [2.05, 4.69) is 10.3 Å². The summed E-state index contributed by atoms with van der Waals surface area (Å²) >= 11 is 1.35. The Hall–Kier alpha value is -2.75. The predicted octanol–water partition coefficient (Wildman–Crippen LogP) is 1.78. The number of carbonyl (C=O) groups excluding carboxylic acids is 2. The van der Waals surface area contributed by atoms with Crippen LogP contribution in [-0.2, 0) is 24.2 Å². The maximum atomic E-state index is 12.4. The molecule has 0 fully saturated rings. The Morgan fingerprint density at radius 3 is 2.84 bits per heavy atom. The predicted molar refractivity (Wildman–Crippen MR) is 91.7 cm³/mol. The number of fused-ring (bicyclic) bond motifs is 1. The van der Waals surface area contributed by atoms with Gasteiger partial charge < -0.3 is 21.2 Å². The Kier molecular flexibility index (Phi) is 4.53. The number of carbonyl (C=O) groups is 2. The fraction of sp³-hybridized carbons (Fsp3) is 0.400. The topological polar surface area (TPSA) is 133 Å². The first-order valence-electron chi connectivity index (χ1n) is 7.79. The highest BCUT2D eigenvalue weighted by Crippen LogP contribution is 2.37. The number of rotatable bonds is 5. The monoisotopic (exact) mass is 363 g/mol. The summed E-state index contributed by atoms with van der Waals surface area (Å²) < 4.78 is 1.22. The minimum Gasteiger partial charge on any atom is -0.365 e. The van der Waals surface area contributed by atoms with E-state index in [1.165, 1.54) is 15.9 Å². The third-order valence-corrected chi connectivity index (χ3v) is 5.40. The van der Waals surface area contributed by atoms with E-state index in [9.17, 15) is 19.7 Å². The molecule has 0 radical (unpaired) electrons. The first-order valence-corrected chi connectivity index (χ1v) is 8.61. The van der Waals surface area contributed by atoms with Crippen LogP contribution in [0, 0.1) is 17.0 Å². The third-order valence-electron chi connectivity index (χ3n) is 4.19. The normalized spacial score (nSPS) is 13.3. The van der Waals surface area contributed by atoms with E-state index in [0.717, 1.165) is 42.3 Å². The van der Waals surface area contributed by atoms with Gasteiger partial charge in [0.05, 0.1) is 5.56 Å². The van der Waals surface area contributed by atoms with Crippen molar-refractivity contribution in [3.8, 4) is 0 Å². The van der Waals surface area contributed by atoms with Gasteiger partial charge in [0.25, 0.3) is 11.8 Å². The lowest BCUT2D eigenvalue weighted by Gasteiger charge is -2.11. The molecule has 3 N–H and O–H groups in total. The van der Waals surface area contributed by atoms with Crippen molar-refractivity contribution in [2.75, 3.05) is 5.32 Å². The molecule has 1 aliphatic carbocycles. The number of hydrogen-bond donors (Lipinski definition) is 2. The first-order chi connectivity index (χ1) is 11.9. The summed E-state index contributed by atoms with van der Waals surface area (Å²) in [5.74, 6) is -0.930. The summed E-state index contributed by atoms with van der Waals surface area (Å²) in [6.07, 6.45) is 4.77. The Bertz CT molecular complexity index is 870. The lowest BCUT2D eigenvalue weighted by molar-refractivity contribution is -0.392. The van der Waals surface area contributed by atoms with Gasteiger partial charge in [-0.2, -0.15) is 0 Å². The maximum Gasteiger partial charge on any atom is 0.343 e. The summed E-state index contributed by atoms with van der Waals surface area (Å²) in [6, 6.07) is 0. The zero-order chi connectivity index (χ0) is 18.1. The molecule has 0 unspecified atom stereocenters. The molecule has 2 heterocycles. The number of aromatic nitrogens is 2. The number of aryl methyl sites for hydroxylation is 2. The molecule has 2 aromatic heterocycles. The molecule has 0 atom stereocenters. The van der Waals surface area contributed by atoms with Crippen molar-refractivity contribution in [3.63, 3.8) is 0 Å². The maximum absolute atomic E-state index is 12.4. The number of hydrogen-bond acceptors (Lipinski definition) is 6. The summed E-state index contributed by atoms with van der Waals surface area (Å²) in [4.78, 5) is 39.5. The lowest BCUT2D eigenvalue weighted by atomic mass is 9.95. The second-order valence-electron chi connectivity index (χ2n) is 5.83. The van der Waals surface area contributed by atoms with Crippen molar-refractivity contribution in [1.82, 2.24) is 9.55 Å². The van der Waals surface area contributed by atoms with Gasteiger partial charge in [-0.15, -0.1) is 11.3 Å². The van der Waals surface area contributed by atoms with E-state index < -0.39 is 16.7 Å². The summed E-state index contributed by atoms with van der Waals surface area (Å²) in [7, 11) is 0. The Morgan fingerprint density at radius 1 is 1.44 bits per heavy atom. The van der Waals surface area contributed by atoms with Crippen LogP contribution in [0.25, 0.3) is 0 Å². The molecule has 10 heteroatoms. The van der Waals surface area contributed by atoms with Gasteiger partial charge in [0, 0.05) is 11.8 Å². The molecule has 2 aromatic rings. The van der Waals surface area contributed by atoms with Crippen LogP contribution in [0.1, 0.15) is 39.5 Å². The SMILES string of the molecule is Cc1ncc([N+](=O)[O-])n1CC(=O)Nc1sc2c(c1C(N)=O)CCCC2. The molecule has 1 aliphatic rings. The zero-order valence-electron chi connectivity index (χ0n) is 13.6. The van der Waals surface area contributed by atoms with Crippen LogP contribution < -0.4 is 11.1 Å². The molecule has 132 valence electrons. The average molecular weight is 363 g/mol. The van der Waals surface area contributed by atoms with E-state index >= 15 is 0 Å². The first kappa shape index (κ1) is 17.1. The second kappa shape index (κ2) is 6.63. The molecule has 0 bridgehead atoms. The van der Waals surface area contributed by atoms with Gasteiger partial charge in [0.15, 0.2) is 12.4 Å². The van der Waals surface area contributed by atoms with Gasteiger partial charge in [-0.25, -0.2) is 9.55 Å². The van der Waals surface area contributed by atoms with Crippen molar-refractivity contribution in [3.05, 3.63) is 38.1 Å². The Morgan fingerprint density at radius 2 is 2.16 bits per heavy atom. The van der Waals surface area contributed by atoms with Gasteiger partial charge in [-0.05, 0) is 36.2 Å². The molecule has 0 saturated heterocycles. The lowest BCUT2D eigenvalue weighted by Crippen LogP contribution is -2.22. The van der Waals surface area contributed by atoms with E-state index in [-0.39, 0.29) is 12.4 Å². The van der Waals surface area contributed by atoms with Crippen LogP contribution in [-0.4, -0.2) is 26.3 Å². The number of nitrogens with zero attached hydrogens (tertiary/aromatic N) is 3. The smallest absolute Gasteiger partial charge is 0.343 e. The fourth-order valence-electron chi connectivity index (χ4n) is 3.02. The van der Waals surface area contributed by atoms with E-state index in [0.29, 0.717) is 16.4 Å². The number of nitrogens with two attached hydrogens (primary N) is 1. The van der Waals surface area contributed by atoms with Crippen LogP contribution in [0.4, 0.5) is 10.8 Å². The van der Waals surface area contributed by atoms with Crippen LogP contribution in [0.5, 0.6) is 0 Å². The summed E-state index contributed by atoms with van der Waals surface area (Å²) in [5.41, 5.74) is 6.78. The minimum atomic E-state index is -0.591. The zero-order valence-corrected chi connectivity index (χ0v) is 14.4. The number of anilines is 1. The summed E-state index contributed by atoms with van der Waals surface area (Å²) in [5, 5.41) is 14.1. The third kappa shape index (κ3) is 3.25. The van der Waals surface area contributed by atoms with Crippen molar-refractivity contribution < 1.29 is 14.5 Å². The largest absolute Gasteiger partial charge is 0.365 e. The van der Waals surface area contributed by atoms with Crippen LogP contribution in [0.15, 0.2) is 6.20 Å². The van der Waals surface area contributed by atoms with E-state index in [1.807, 2.05) is 0 Å². The molecule has 25 heavy (non-hydrogen) atoms. The number of nitrogens with one attached hydrogen (secondary N) is 1. The molecule has 2 amide bonds. The fourth-order valence-corrected chi connectivity index (χ4v) is 4.33.